The number of sulfone groups is 1. The zero-order valence-electron chi connectivity index (χ0n) is 15.0. The van der Waals surface area contributed by atoms with Crippen LogP contribution in [0.5, 0.6) is 5.75 Å². The molecule has 2 rings (SSSR count). The smallest absolute Gasteiger partial charge is 0.238 e. The summed E-state index contributed by atoms with van der Waals surface area (Å²) < 4.78 is 29.9. The van der Waals surface area contributed by atoms with Gasteiger partial charge in [-0.15, -0.1) is 0 Å². The van der Waals surface area contributed by atoms with Crippen molar-refractivity contribution in [3.8, 4) is 5.75 Å². The standard InChI is InChI=1S/C18H28N2O4S/c1-3-4-7-12-25(22,23)14-18(21)20-11-10-19-13-16(20)15-8-5-6-9-17(15)24-2/h5-6,8-9,16,19H,3-4,7,10-14H2,1-2H3. The number of amides is 1. The van der Waals surface area contributed by atoms with Crippen LogP contribution in [0.2, 0.25) is 0 Å². The second-order valence-corrected chi connectivity index (χ2v) is 8.53. The number of benzene rings is 1. The largest absolute Gasteiger partial charge is 0.496 e. The Balaban J connectivity index is 2.13. The Bertz CT molecular complexity index is 675. The molecule has 0 spiro atoms. The molecule has 1 fully saturated rings. The number of rotatable bonds is 8. The fraction of sp³-hybridized carbons (Fsp3) is 0.611. The Morgan fingerprint density at radius 3 is 2.80 bits per heavy atom. The van der Waals surface area contributed by atoms with E-state index in [4.69, 9.17) is 4.74 Å². The fourth-order valence-corrected chi connectivity index (χ4v) is 4.47. The maximum absolute atomic E-state index is 12.7. The molecule has 0 saturated carbocycles. The molecule has 1 amide bonds. The molecule has 0 aliphatic carbocycles. The summed E-state index contributed by atoms with van der Waals surface area (Å²) in [6.07, 6.45) is 2.44. The monoisotopic (exact) mass is 368 g/mol. The molecule has 0 bridgehead atoms. The third-order valence-corrected chi connectivity index (χ3v) is 6.06. The van der Waals surface area contributed by atoms with Gasteiger partial charge in [0.25, 0.3) is 0 Å². The van der Waals surface area contributed by atoms with Crippen LogP contribution in [-0.2, 0) is 14.6 Å². The number of carbonyl (C=O) groups is 1. The van der Waals surface area contributed by atoms with Gasteiger partial charge >= 0.3 is 0 Å². The molecular formula is C18H28N2O4S. The van der Waals surface area contributed by atoms with E-state index < -0.39 is 15.6 Å². The quantitative estimate of drug-likeness (QED) is 0.708. The summed E-state index contributed by atoms with van der Waals surface area (Å²) >= 11 is 0. The van der Waals surface area contributed by atoms with Crippen LogP contribution in [0.4, 0.5) is 0 Å². The van der Waals surface area contributed by atoms with Crippen LogP contribution in [-0.4, -0.2) is 57.5 Å². The first kappa shape index (κ1) is 19.7. The maximum atomic E-state index is 12.7. The first-order valence-electron chi connectivity index (χ1n) is 8.82. The number of nitrogens with one attached hydrogen (secondary N) is 1. The summed E-state index contributed by atoms with van der Waals surface area (Å²) in [5, 5.41) is 3.28. The first-order chi connectivity index (χ1) is 12.0. The van der Waals surface area contributed by atoms with Crippen molar-refractivity contribution in [2.45, 2.75) is 32.2 Å². The highest BCUT2D eigenvalue weighted by atomic mass is 32.2. The van der Waals surface area contributed by atoms with E-state index in [2.05, 4.69) is 5.32 Å². The molecule has 140 valence electrons. The molecule has 25 heavy (non-hydrogen) atoms. The lowest BCUT2D eigenvalue weighted by molar-refractivity contribution is -0.131. The van der Waals surface area contributed by atoms with E-state index in [1.807, 2.05) is 31.2 Å². The average Bonchev–Trinajstić information content (AvgIpc) is 2.61. The summed E-state index contributed by atoms with van der Waals surface area (Å²) in [5.74, 6) is 0.0501. The summed E-state index contributed by atoms with van der Waals surface area (Å²) in [5.41, 5.74) is 0.897. The predicted octanol–water partition coefficient (Wildman–Crippen LogP) is 1.77. The normalized spacial score (nSPS) is 18.2. The number of methoxy groups -OCH3 is 1. The van der Waals surface area contributed by atoms with E-state index in [1.54, 1.807) is 12.0 Å². The molecule has 0 aromatic heterocycles. The minimum atomic E-state index is -3.37. The lowest BCUT2D eigenvalue weighted by Gasteiger charge is -2.37. The van der Waals surface area contributed by atoms with Gasteiger partial charge in [0.1, 0.15) is 11.5 Å². The van der Waals surface area contributed by atoms with Crippen molar-refractivity contribution < 1.29 is 17.9 Å². The van der Waals surface area contributed by atoms with Gasteiger partial charge in [0, 0.05) is 25.2 Å². The van der Waals surface area contributed by atoms with Crippen molar-refractivity contribution >= 4 is 15.7 Å². The van der Waals surface area contributed by atoms with E-state index in [9.17, 15) is 13.2 Å². The fourth-order valence-electron chi connectivity index (χ4n) is 3.14. The molecule has 0 radical (unpaired) electrons. The molecule has 1 atom stereocenters. The van der Waals surface area contributed by atoms with E-state index in [0.717, 1.165) is 18.4 Å². The Morgan fingerprint density at radius 1 is 1.32 bits per heavy atom. The third-order valence-electron chi connectivity index (χ3n) is 4.46. The van der Waals surface area contributed by atoms with Crippen molar-refractivity contribution in [3.63, 3.8) is 0 Å². The van der Waals surface area contributed by atoms with Crippen molar-refractivity contribution in [2.24, 2.45) is 0 Å². The minimum absolute atomic E-state index is 0.0813. The van der Waals surface area contributed by atoms with Gasteiger partial charge in [-0.1, -0.05) is 38.0 Å². The average molecular weight is 368 g/mol. The van der Waals surface area contributed by atoms with Gasteiger partial charge in [-0.05, 0) is 12.5 Å². The van der Waals surface area contributed by atoms with Gasteiger partial charge in [0.2, 0.25) is 5.91 Å². The SMILES string of the molecule is CCCCCS(=O)(=O)CC(=O)N1CCNCC1c1ccccc1OC. The number of nitrogens with zero attached hydrogens (tertiary/aromatic N) is 1. The van der Waals surface area contributed by atoms with Crippen LogP contribution in [0.3, 0.4) is 0 Å². The van der Waals surface area contributed by atoms with Crippen molar-refractivity contribution in [2.75, 3.05) is 38.2 Å². The molecule has 1 heterocycles. The lowest BCUT2D eigenvalue weighted by Crippen LogP contribution is -2.50. The minimum Gasteiger partial charge on any atom is -0.496 e. The topological polar surface area (TPSA) is 75.7 Å². The van der Waals surface area contributed by atoms with Gasteiger partial charge in [-0.2, -0.15) is 0 Å². The van der Waals surface area contributed by atoms with Crippen LogP contribution >= 0.6 is 0 Å². The third kappa shape index (κ3) is 5.44. The molecule has 1 aromatic carbocycles. The van der Waals surface area contributed by atoms with Crippen molar-refractivity contribution in [3.05, 3.63) is 29.8 Å². The van der Waals surface area contributed by atoms with Gasteiger partial charge in [0.15, 0.2) is 9.84 Å². The zero-order chi connectivity index (χ0) is 18.3. The molecule has 1 aromatic rings. The van der Waals surface area contributed by atoms with Gasteiger partial charge in [0.05, 0.1) is 18.9 Å². The van der Waals surface area contributed by atoms with Crippen LogP contribution in [0.1, 0.15) is 37.8 Å². The highest BCUT2D eigenvalue weighted by Crippen LogP contribution is 2.30. The number of hydrogen-bond donors (Lipinski definition) is 1. The summed E-state index contributed by atoms with van der Waals surface area (Å²) in [4.78, 5) is 14.4. The van der Waals surface area contributed by atoms with Crippen LogP contribution < -0.4 is 10.1 Å². The van der Waals surface area contributed by atoms with E-state index in [-0.39, 0.29) is 17.7 Å². The molecule has 1 saturated heterocycles. The first-order valence-corrected chi connectivity index (χ1v) is 10.6. The molecular weight excluding hydrogens is 340 g/mol. The Hall–Kier alpha value is -1.60. The van der Waals surface area contributed by atoms with Gasteiger partial charge in [-0.25, -0.2) is 8.42 Å². The van der Waals surface area contributed by atoms with Crippen molar-refractivity contribution in [1.29, 1.82) is 0 Å². The molecule has 7 heteroatoms. The van der Waals surface area contributed by atoms with Gasteiger partial charge in [-0.3, -0.25) is 4.79 Å². The predicted molar refractivity (Wildman–Crippen MR) is 98.5 cm³/mol. The second-order valence-electron chi connectivity index (χ2n) is 6.35. The number of piperazine rings is 1. The molecule has 6 nitrogen and oxygen atoms in total. The highest BCUT2D eigenvalue weighted by molar-refractivity contribution is 7.92. The lowest BCUT2D eigenvalue weighted by atomic mass is 10.0. The van der Waals surface area contributed by atoms with Crippen LogP contribution in [0.25, 0.3) is 0 Å². The summed E-state index contributed by atoms with van der Waals surface area (Å²) in [6, 6.07) is 7.34. The van der Waals surface area contributed by atoms with Crippen LogP contribution in [0, 0.1) is 0 Å². The van der Waals surface area contributed by atoms with E-state index in [1.165, 1.54) is 0 Å². The Kier molecular flexibility index (Phi) is 7.25. The second kappa shape index (κ2) is 9.20. The number of ether oxygens (including phenoxy) is 1. The summed E-state index contributed by atoms with van der Waals surface area (Å²) in [7, 11) is -1.77. The van der Waals surface area contributed by atoms with Crippen LogP contribution in [0.15, 0.2) is 24.3 Å². The highest BCUT2D eigenvalue weighted by Gasteiger charge is 2.31. The molecule has 1 unspecified atom stereocenters. The number of carbonyl (C=O) groups excluding carboxylic acids is 1. The summed E-state index contributed by atoms with van der Waals surface area (Å²) in [6.45, 7) is 3.76. The Labute approximate surface area is 150 Å². The van der Waals surface area contributed by atoms with Crippen molar-refractivity contribution in [1.82, 2.24) is 10.2 Å². The van der Waals surface area contributed by atoms with E-state index in [0.29, 0.717) is 31.8 Å². The molecule has 1 aliphatic rings. The number of hydrogen-bond acceptors (Lipinski definition) is 5. The Morgan fingerprint density at radius 2 is 2.08 bits per heavy atom. The number of para-hydroxylation sites is 1. The maximum Gasteiger partial charge on any atom is 0.238 e. The zero-order valence-corrected chi connectivity index (χ0v) is 15.8. The van der Waals surface area contributed by atoms with E-state index >= 15 is 0 Å². The molecule has 1 N–H and O–H groups in total. The van der Waals surface area contributed by atoms with Gasteiger partial charge < -0.3 is 15.0 Å². The number of unbranched alkanes of at least 4 members (excludes halogenated alkanes) is 2. The molecule has 1 aliphatic heterocycles.